The minimum absolute atomic E-state index is 0.150. The highest BCUT2D eigenvalue weighted by molar-refractivity contribution is 5.76. The van der Waals surface area contributed by atoms with E-state index in [0.29, 0.717) is 16.9 Å². The Morgan fingerprint density at radius 1 is 1.13 bits per heavy atom. The number of hydrogen-bond donors (Lipinski definition) is 2. The van der Waals surface area contributed by atoms with Crippen LogP contribution in [0.5, 0.6) is 0 Å². The summed E-state index contributed by atoms with van der Waals surface area (Å²) in [6.07, 6.45) is -0.934. The fraction of sp³-hybridized carbons (Fsp3) is 0.500. The van der Waals surface area contributed by atoms with E-state index in [-0.39, 0.29) is 13.2 Å². The van der Waals surface area contributed by atoms with Gasteiger partial charge in [0.1, 0.15) is 0 Å². The lowest BCUT2D eigenvalue weighted by Crippen LogP contribution is -2.37. The second-order valence-corrected chi connectivity index (χ2v) is 5.74. The van der Waals surface area contributed by atoms with Crippen LogP contribution < -0.4 is 11.2 Å². The van der Waals surface area contributed by atoms with Gasteiger partial charge in [-0.15, -0.1) is 0 Å². The molecule has 124 valence electrons. The Kier molecular flexibility index (Phi) is 3.42. The molecular formula is C14H19N5O4. The molecule has 0 aliphatic rings. The van der Waals surface area contributed by atoms with Gasteiger partial charge in [0.25, 0.3) is 5.56 Å². The van der Waals surface area contributed by atoms with Gasteiger partial charge in [0.05, 0.1) is 19.3 Å². The van der Waals surface area contributed by atoms with Crippen LogP contribution in [0.25, 0.3) is 16.9 Å². The SMILES string of the molecule is Cc1c(C)n2c3c(=O)n(C)c(=O)n(C)c3nc2n1CC(O)CO. The summed E-state index contributed by atoms with van der Waals surface area (Å²) in [5.74, 6) is 0.459. The Hall–Kier alpha value is -2.39. The highest BCUT2D eigenvalue weighted by Crippen LogP contribution is 2.20. The predicted octanol–water partition coefficient (Wildman–Crippen LogP) is -1.34. The zero-order valence-corrected chi connectivity index (χ0v) is 13.4. The van der Waals surface area contributed by atoms with Crippen LogP contribution in [0.3, 0.4) is 0 Å². The van der Waals surface area contributed by atoms with E-state index in [9.17, 15) is 14.7 Å². The number of imidazole rings is 2. The molecule has 0 amide bonds. The molecule has 0 aromatic carbocycles. The molecule has 9 nitrogen and oxygen atoms in total. The smallest absolute Gasteiger partial charge is 0.332 e. The van der Waals surface area contributed by atoms with Crippen LogP contribution in [0.2, 0.25) is 0 Å². The third-order valence-corrected chi connectivity index (χ3v) is 4.35. The van der Waals surface area contributed by atoms with Crippen LogP contribution in [0.1, 0.15) is 11.4 Å². The Labute approximate surface area is 130 Å². The Morgan fingerprint density at radius 2 is 1.78 bits per heavy atom. The molecule has 0 saturated heterocycles. The molecule has 2 N–H and O–H groups in total. The predicted molar refractivity (Wildman–Crippen MR) is 83.7 cm³/mol. The number of nitrogens with zero attached hydrogens (tertiary/aromatic N) is 5. The largest absolute Gasteiger partial charge is 0.394 e. The van der Waals surface area contributed by atoms with Crippen molar-refractivity contribution in [2.75, 3.05) is 6.61 Å². The maximum atomic E-state index is 12.5. The molecule has 9 heteroatoms. The monoisotopic (exact) mass is 321 g/mol. The molecule has 3 aromatic heterocycles. The van der Waals surface area contributed by atoms with E-state index < -0.39 is 17.4 Å². The number of rotatable bonds is 3. The Morgan fingerprint density at radius 3 is 2.39 bits per heavy atom. The van der Waals surface area contributed by atoms with Crippen LogP contribution in [0.4, 0.5) is 0 Å². The van der Waals surface area contributed by atoms with Crippen molar-refractivity contribution in [1.29, 1.82) is 0 Å². The first kappa shape index (κ1) is 15.5. The van der Waals surface area contributed by atoms with Gasteiger partial charge in [0, 0.05) is 25.5 Å². The van der Waals surface area contributed by atoms with Crippen molar-refractivity contribution in [2.24, 2.45) is 14.1 Å². The normalized spacial score (nSPS) is 13.3. The van der Waals surface area contributed by atoms with E-state index in [1.807, 2.05) is 13.8 Å². The summed E-state index contributed by atoms with van der Waals surface area (Å²) in [6.45, 7) is 3.47. The summed E-state index contributed by atoms with van der Waals surface area (Å²) in [6, 6.07) is 0. The lowest BCUT2D eigenvalue weighted by molar-refractivity contribution is 0.0816. The molecule has 1 atom stereocenters. The van der Waals surface area contributed by atoms with E-state index in [1.54, 1.807) is 16.0 Å². The number of aliphatic hydroxyl groups is 2. The van der Waals surface area contributed by atoms with Crippen LogP contribution in [-0.4, -0.2) is 46.0 Å². The van der Waals surface area contributed by atoms with Gasteiger partial charge in [-0.1, -0.05) is 0 Å². The average molecular weight is 321 g/mol. The van der Waals surface area contributed by atoms with Gasteiger partial charge >= 0.3 is 5.69 Å². The van der Waals surface area contributed by atoms with Crippen molar-refractivity contribution in [3.05, 3.63) is 32.2 Å². The summed E-state index contributed by atoms with van der Waals surface area (Å²) in [4.78, 5) is 29.0. The first-order valence-corrected chi connectivity index (χ1v) is 7.22. The molecule has 0 bridgehead atoms. The molecule has 23 heavy (non-hydrogen) atoms. The number of aliphatic hydroxyl groups excluding tert-OH is 2. The van der Waals surface area contributed by atoms with Gasteiger partial charge in [-0.3, -0.25) is 18.3 Å². The minimum Gasteiger partial charge on any atom is -0.394 e. The minimum atomic E-state index is -0.934. The lowest BCUT2D eigenvalue weighted by atomic mass is 10.3. The second kappa shape index (κ2) is 5.07. The summed E-state index contributed by atoms with van der Waals surface area (Å²) in [7, 11) is 2.99. The van der Waals surface area contributed by atoms with Crippen LogP contribution in [0, 0.1) is 13.8 Å². The average Bonchev–Trinajstić information content (AvgIpc) is 3.03. The Bertz CT molecular complexity index is 1040. The fourth-order valence-corrected chi connectivity index (χ4v) is 2.88. The van der Waals surface area contributed by atoms with E-state index >= 15 is 0 Å². The first-order valence-electron chi connectivity index (χ1n) is 7.22. The van der Waals surface area contributed by atoms with Crippen molar-refractivity contribution in [2.45, 2.75) is 26.5 Å². The van der Waals surface area contributed by atoms with Crippen LogP contribution in [0.15, 0.2) is 9.59 Å². The lowest BCUT2D eigenvalue weighted by Gasteiger charge is -2.10. The summed E-state index contributed by atoms with van der Waals surface area (Å²) in [5.41, 5.74) is 1.38. The van der Waals surface area contributed by atoms with Crippen molar-refractivity contribution in [3.8, 4) is 0 Å². The molecule has 3 rings (SSSR count). The van der Waals surface area contributed by atoms with Gasteiger partial charge in [-0.25, -0.2) is 4.79 Å². The summed E-state index contributed by atoms with van der Waals surface area (Å²) < 4.78 is 5.80. The third kappa shape index (κ3) is 1.97. The molecule has 0 spiro atoms. The highest BCUT2D eigenvalue weighted by atomic mass is 16.3. The van der Waals surface area contributed by atoms with Crippen molar-refractivity contribution in [1.82, 2.24) is 23.1 Å². The highest BCUT2D eigenvalue weighted by Gasteiger charge is 2.22. The maximum absolute atomic E-state index is 12.5. The van der Waals surface area contributed by atoms with Crippen molar-refractivity contribution in [3.63, 3.8) is 0 Å². The second-order valence-electron chi connectivity index (χ2n) is 5.74. The zero-order valence-electron chi connectivity index (χ0n) is 13.4. The maximum Gasteiger partial charge on any atom is 0.332 e. The van der Waals surface area contributed by atoms with Crippen LogP contribution in [-0.2, 0) is 20.6 Å². The van der Waals surface area contributed by atoms with Gasteiger partial charge in [-0.2, -0.15) is 4.98 Å². The van der Waals surface area contributed by atoms with E-state index in [1.165, 1.54) is 11.6 Å². The molecular weight excluding hydrogens is 302 g/mol. The number of hydrogen-bond acceptors (Lipinski definition) is 5. The molecule has 0 aliphatic heterocycles. The van der Waals surface area contributed by atoms with Gasteiger partial charge in [0.2, 0.25) is 5.78 Å². The van der Waals surface area contributed by atoms with Gasteiger partial charge < -0.3 is 14.8 Å². The third-order valence-electron chi connectivity index (χ3n) is 4.35. The van der Waals surface area contributed by atoms with Gasteiger partial charge in [-0.05, 0) is 13.8 Å². The molecule has 3 heterocycles. The number of aromatic nitrogens is 5. The Balaban J connectivity index is 2.50. The van der Waals surface area contributed by atoms with E-state index in [0.717, 1.165) is 16.0 Å². The molecule has 0 fully saturated rings. The number of fused-ring (bicyclic) bond motifs is 3. The fourth-order valence-electron chi connectivity index (χ4n) is 2.88. The first-order chi connectivity index (χ1) is 10.8. The van der Waals surface area contributed by atoms with Crippen molar-refractivity contribution < 1.29 is 10.2 Å². The topological polar surface area (TPSA) is 107 Å². The molecule has 3 aromatic rings. The summed E-state index contributed by atoms with van der Waals surface area (Å²) >= 11 is 0. The van der Waals surface area contributed by atoms with E-state index in [2.05, 4.69) is 4.98 Å². The molecule has 0 aliphatic carbocycles. The van der Waals surface area contributed by atoms with Gasteiger partial charge in [0.15, 0.2) is 11.2 Å². The molecule has 1 unspecified atom stereocenters. The molecule has 0 radical (unpaired) electrons. The van der Waals surface area contributed by atoms with E-state index in [4.69, 9.17) is 5.11 Å². The number of aryl methyl sites for hydroxylation is 2. The quantitative estimate of drug-likeness (QED) is 0.621. The van der Waals surface area contributed by atoms with Crippen LogP contribution >= 0.6 is 0 Å². The molecule has 0 saturated carbocycles. The zero-order chi connectivity index (χ0) is 17.0. The standard InChI is InChI=1S/C14H19N5O4/c1-7-8(2)19-10-11(16(3)14(23)17(4)12(10)22)15-13(19)18(7)5-9(21)6-20/h9,20-21H,5-6H2,1-4H3. The summed E-state index contributed by atoms with van der Waals surface area (Å²) in [5, 5.41) is 18.8. The van der Waals surface area contributed by atoms with Crippen molar-refractivity contribution >= 4 is 16.9 Å².